The number of hydrogen-bond donors (Lipinski definition) is 2. The molecule has 1 saturated heterocycles. The molecule has 0 spiro atoms. The van der Waals surface area contributed by atoms with E-state index in [1.165, 1.54) is 6.07 Å². The molecule has 1 unspecified atom stereocenters. The first-order chi connectivity index (χ1) is 11.7. The van der Waals surface area contributed by atoms with Crippen LogP contribution >= 0.6 is 0 Å². The Morgan fingerprint density at radius 1 is 1.46 bits per heavy atom. The molecule has 2 aromatic rings. The second kappa shape index (κ2) is 7.72. The monoisotopic (exact) mass is 331 g/mol. The summed E-state index contributed by atoms with van der Waals surface area (Å²) in [5.41, 5.74) is 1.81. The maximum Gasteiger partial charge on any atom is 0.264 e. The molecule has 0 amide bonds. The predicted molar refractivity (Wildman–Crippen MR) is 90.6 cm³/mol. The number of hydrogen-bond acceptors (Lipinski definition) is 5. The van der Waals surface area contributed by atoms with E-state index in [4.69, 9.17) is 4.74 Å². The Bertz CT molecular complexity index is 691. The van der Waals surface area contributed by atoms with Gasteiger partial charge in [0.25, 0.3) is 5.56 Å². The highest BCUT2D eigenvalue weighted by molar-refractivity contribution is 5.08. The van der Waals surface area contributed by atoms with Crippen molar-refractivity contribution in [2.75, 3.05) is 13.2 Å². The quantitative estimate of drug-likeness (QED) is 0.843. The van der Waals surface area contributed by atoms with Gasteiger partial charge in [0.05, 0.1) is 11.4 Å². The van der Waals surface area contributed by atoms with Gasteiger partial charge in [-0.15, -0.1) is 0 Å². The normalized spacial score (nSPS) is 22.4. The zero-order valence-corrected chi connectivity index (χ0v) is 14.2. The van der Waals surface area contributed by atoms with Crippen LogP contribution in [0.1, 0.15) is 50.2 Å². The van der Waals surface area contributed by atoms with Gasteiger partial charge in [0, 0.05) is 43.9 Å². The van der Waals surface area contributed by atoms with Crippen molar-refractivity contribution in [2.45, 2.75) is 45.4 Å². The molecule has 1 aliphatic heterocycles. The fraction of sp³-hybridized carbons (Fsp3) is 0.588. The molecule has 0 aliphatic carbocycles. The fourth-order valence-electron chi connectivity index (χ4n) is 3.26. The van der Waals surface area contributed by atoms with Crippen molar-refractivity contribution < 1.29 is 4.74 Å². The van der Waals surface area contributed by atoms with Gasteiger partial charge >= 0.3 is 0 Å². The van der Waals surface area contributed by atoms with Crippen molar-refractivity contribution in [3.63, 3.8) is 0 Å². The first-order valence-corrected chi connectivity index (χ1v) is 8.61. The number of aryl methyl sites for hydroxylation is 1. The number of aromatic amines is 1. The molecule has 7 heteroatoms. The lowest BCUT2D eigenvalue weighted by atomic mass is 9.91. The summed E-state index contributed by atoms with van der Waals surface area (Å²) in [7, 11) is 0. The molecule has 1 aliphatic rings. The molecular weight excluding hydrogens is 306 g/mol. The van der Waals surface area contributed by atoms with Gasteiger partial charge in [0.1, 0.15) is 6.10 Å². The van der Waals surface area contributed by atoms with Gasteiger partial charge in [-0.05, 0) is 38.8 Å². The molecule has 3 heterocycles. The van der Waals surface area contributed by atoms with Gasteiger partial charge in [-0.25, -0.2) is 5.10 Å². The lowest BCUT2D eigenvalue weighted by Gasteiger charge is -2.33. The first-order valence-electron chi connectivity index (χ1n) is 8.61. The Kier molecular flexibility index (Phi) is 5.42. The number of ether oxygens (including phenoxy) is 1. The van der Waals surface area contributed by atoms with E-state index in [0.29, 0.717) is 5.92 Å². The zero-order chi connectivity index (χ0) is 16.9. The van der Waals surface area contributed by atoms with E-state index in [1.807, 2.05) is 10.9 Å². The molecular formula is C17H25N5O2. The molecule has 3 atom stereocenters. The summed E-state index contributed by atoms with van der Waals surface area (Å²) in [6.45, 7) is 6.63. The number of H-pyrrole nitrogens is 1. The van der Waals surface area contributed by atoms with E-state index < -0.39 is 0 Å². The molecule has 2 N–H and O–H groups in total. The summed E-state index contributed by atoms with van der Waals surface area (Å²) < 4.78 is 8.08. The average molecular weight is 331 g/mol. The van der Waals surface area contributed by atoms with Gasteiger partial charge in [-0.1, -0.05) is 0 Å². The third-order valence-corrected chi connectivity index (χ3v) is 4.62. The molecule has 3 rings (SSSR count). The molecule has 2 aromatic heterocycles. The van der Waals surface area contributed by atoms with E-state index >= 15 is 0 Å². The topological polar surface area (TPSA) is 84.8 Å². The zero-order valence-electron chi connectivity index (χ0n) is 14.2. The van der Waals surface area contributed by atoms with E-state index in [1.54, 1.807) is 6.07 Å². The van der Waals surface area contributed by atoms with Crippen LogP contribution in [0.15, 0.2) is 29.2 Å². The second-order valence-corrected chi connectivity index (χ2v) is 6.24. The molecule has 0 saturated carbocycles. The van der Waals surface area contributed by atoms with Crippen molar-refractivity contribution in [3.05, 3.63) is 46.1 Å². The summed E-state index contributed by atoms with van der Waals surface area (Å²) in [6, 6.07) is 5.39. The number of rotatable bonds is 6. The minimum Gasteiger partial charge on any atom is -0.372 e. The van der Waals surface area contributed by atoms with Crippen LogP contribution in [-0.4, -0.2) is 33.1 Å². The van der Waals surface area contributed by atoms with Crippen LogP contribution in [0, 0.1) is 5.92 Å². The minimum atomic E-state index is -0.181. The first kappa shape index (κ1) is 16.9. The third-order valence-electron chi connectivity index (χ3n) is 4.62. The summed E-state index contributed by atoms with van der Waals surface area (Å²) >= 11 is 0. The summed E-state index contributed by atoms with van der Waals surface area (Å²) in [5, 5.41) is 14.5. The van der Waals surface area contributed by atoms with E-state index in [2.05, 4.69) is 40.5 Å². The summed E-state index contributed by atoms with van der Waals surface area (Å²) in [5.74, 6) is 0.394. The van der Waals surface area contributed by atoms with Crippen molar-refractivity contribution in [2.24, 2.45) is 5.92 Å². The highest BCUT2D eigenvalue weighted by atomic mass is 16.5. The van der Waals surface area contributed by atoms with Crippen LogP contribution in [0.25, 0.3) is 0 Å². The Balaban J connectivity index is 1.66. The van der Waals surface area contributed by atoms with Crippen LogP contribution in [0.4, 0.5) is 0 Å². The van der Waals surface area contributed by atoms with Gasteiger partial charge < -0.3 is 10.1 Å². The van der Waals surface area contributed by atoms with Crippen LogP contribution < -0.4 is 10.9 Å². The Hall–Kier alpha value is -1.99. The average Bonchev–Trinajstić information content (AvgIpc) is 3.09. The molecule has 7 nitrogen and oxygen atoms in total. The summed E-state index contributed by atoms with van der Waals surface area (Å²) in [6.07, 6.45) is 4.12. The van der Waals surface area contributed by atoms with Crippen molar-refractivity contribution in [3.8, 4) is 0 Å². The Labute approximate surface area is 141 Å². The molecule has 1 fully saturated rings. The molecule has 0 bridgehead atoms. The third kappa shape index (κ3) is 3.73. The molecule has 130 valence electrons. The lowest BCUT2D eigenvalue weighted by molar-refractivity contribution is -0.0333. The van der Waals surface area contributed by atoms with E-state index in [-0.39, 0.29) is 17.7 Å². The highest BCUT2D eigenvalue weighted by Gasteiger charge is 2.30. The van der Waals surface area contributed by atoms with Crippen LogP contribution in [0.5, 0.6) is 0 Å². The largest absolute Gasteiger partial charge is 0.372 e. The van der Waals surface area contributed by atoms with Gasteiger partial charge in [-0.2, -0.15) is 10.2 Å². The maximum atomic E-state index is 11.1. The predicted octanol–water partition coefficient (Wildman–Crippen LogP) is 1.80. The van der Waals surface area contributed by atoms with Crippen molar-refractivity contribution >= 4 is 0 Å². The van der Waals surface area contributed by atoms with E-state index in [9.17, 15) is 4.79 Å². The minimum absolute atomic E-state index is 0.0699. The van der Waals surface area contributed by atoms with Crippen LogP contribution in [0.2, 0.25) is 0 Å². The SMILES string of the molecule is CCn1nccc1[C@@H]1OCCC[C@H]1CNC(C)c1ccc(=O)[nH]n1. The fourth-order valence-corrected chi connectivity index (χ4v) is 3.26. The van der Waals surface area contributed by atoms with E-state index in [0.717, 1.165) is 43.9 Å². The lowest BCUT2D eigenvalue weighted by Crippen LogP contribution is -2.34. The number of aromatic nitrogens is 4. The highest BCUT2D eigenvalue weighted by Crippen LogP contribution is 2.33. The smallest absolute Gasteiger partial charge is 0.264 e. The standard InChI is InChI=1S/C17H25N5O2/c1-3-22-15(8-9-19-22)17-13(5-4-10-24-17)11-18-12(2)14-6-7-16(23)21-20-14/h6-9,12-13,17-18H,3-5,10-11H2,1-2H3,(H,21,23)/t12?,13-,17+/m0/s1. The number of nitrogens with zero attached hydrogens (tertiary/aromatic N) is 3. The Morgan fingerprint density at radius 3 is 3.08 bits per heavy atom. The summed E-state index contributed by atoms with van der Waals surface area (Å²) in [4.78, 5) is 11.1. The van der Waals surface area contributed by atoms with Gasteiger partial charge in [0.15, 0.2) is 0 Å². The van der Waals surface area contributed by atoms with Gasteiger partial charge in [0.2, 0.25) is 0 Å². The van der Waals surface area contributed by atoms with Crippen LogP contribution in [-0.2, 0) is 11.3 Å². The molecule has 24 heavy (non-hydrogen) atoms. The van der Waals surface area contributed by atoms with Crippen molar-refractivity contribution in [1.82, 2.24) is 25.3 Å². The Morgan fingerprint density at radius 2 is 2.33 bits per heavy atom. The second-order valence-electron chi connectivity index (χ2n) is 6.24. The van der Waals surface area contributed by atoms with Crippen LogP contribution in [0.3, 0.4) is 0 Å². The number of nitrogens with one attached hydrogen (secondary N) is 2. The molecule has 0 radical (unpaired) electrons. The molecule has 0 aromatic carbocycles. The van der Waals surface area contributed by atoms with Crippen molar-refractivity contribution in [1.29, 1.82) is 0 Å². The van der Waals surface area contributed by atoms with Gasteiger partial charge in [-0.3, -0.25) is 9.48 Å². The maximum absolute atomic E-state index is 11.1.